The highest BCUT2D eigenvalue weighted by atomic mass is 16.2. The van der Waals surface area contributed by atoms with Crippen molar-refractivity contribution in [2.45, 2.75) is 51.6 Å². The van der Waals surface area contributed by atoms with Crippen LogP contribution in [0.2, 0.25) is 0 Å². The lowest BCUT2D eigenvalue weighted by molar-refractivity contribution is 0.182. The summed E-state index contributed by atoms with van der Waals surface area (Å²) in [7, 11) is 2.21. The van der Waals surface area contributed by atoms with Crippen LogP contribution in [0.3, 0.4) is 0 Å². The molecule has 1 aliphatic rings. The molecule has 0 aromatic carbocycles. The Bertz CT molecular complexity index is 179. The quantitative estimate of drug-likeness (QED) is 0.722. The molecule has 0 aromatic heterocycles. The maximum atomic E-state index is 8.79. The van der Waals surface area contributed by atoms with Crippen LogP contribution in [0.4, 0.5) is 0 Å². The molecule has 1 fully saturated rings. The SMILES string of the molecule is CC(CCCO)NC(C)C1CCN(C)CC1. The summed E-state index contributed by atoms with van der Waals surface area (Å²) in [5, 5.41) is 12.5. The molecular weight excluding hydrogens is 200 g/mol. The molecule has 1 aliphatic heterocycles. The molecule has 3 heteroatoms. The zero-order valence-electron chi connectivity index (χ0n) is 11.1. The average molecular weight is 228 g/mol. The smallest absolute Gasteiger partial charge is 0.0431 e. The number of rotatable bonds is 6. The van der Waals surface area contributed by atoms with Crippen LogP contribution in [-0.4, -0.2) is 48.8 Å². The Hall–Kier alpha value is -0.120. The molecule has 3 nitrogen and oxygen atoms in total. The summed E-state index contributed by atoms with van der Waals surface area (Å²) in [6, 6.07) is 1.14. The fraction of sp³-hybridized carbons (Fsp3) is 1.00. The van der Waals surface area contributed by atoms with Crippen molar-refractivity contribution < 1.29 is 5.11 Å². The predicted octanol–water partition coefficient (Wildman–Crippen LogP) is 1.47. The van der Waals surface area contributed by atoms with Gasteiger partial charge in [-0.25, -0.2) is 0 Å². The number of nitrogens with zero attached hydrogens (tertiary/aromatic N) is 1. The molecule has 0 aliphatic carbocycles. The monoisotopic (exact) mass is 228 g/mol. The van der Waals surface area contributed by atoms with Crippen LogP contribution in [-0.2, 0) is 0 Å². The van der Waals surface area contributed by atoms with Crippen molar-refractivity contribution in [2.24, 2.45) is 5.92 Å². The number of aliphatic hydroxyl groups excluding tert-OH is 1. The summed E-state index contributed by atoms with van der Waals surface area (Å²) in [6.45, 7) is 7.32. The number of aliphatic hydroxyl groups is 1. The van der Waals surface area contributed by atoms with Gasteiger partial charge in [-0.3, -0.25) is 0 Å². The Balaban J connectivity index is 2.20. The molecule has 2 unspecified atom stereocenters. The molecule has 0 amide bonds. The molecule has 16 heavy (non-hydrogen) atoms. The molecule has 0 saturated carbocycles. The summed E-state index contributed by atoms with van der Waals surface area (Å²) in [5.41, 5.74) is 0. The van der Waals surface area contributed by atoms with Crippen LogP contribution in [0.25, 0.3) is 0 Å². The van der Waals surface area contributed by atoms with E-state index in [1.165, 1.54) is 25.9 Å². The van der Waals surface area contributed by atoms with Crippen LogP contribution >= 0.6 is 0 Å². The summed E-state index contributed by atoms with van der Waals surface area (Å²) < 4.78 is 0. The Morgan fingerprint density at radius 1 is 1.31 bits per heavy atom. The van der Waals surface area contributed by atoms with Gasteiger partial charge >= 0.3 is 0 Å². The van der Waals surface area contributed by atoms with Crippen molar-refractivity contribution in [1.29, 1.82) is 0 Å². The second-order valence-electron chi connectivity index (χ2n) is 5.36. The molecule has 0 aromatic rings. The van der Waals surface area contributed by atoms with Gasteiger partial charge in [-0.15, -0.1) is 0 Å². The van der Waals surface area contributed by atoms with E-state index in [0.717, 1.165) is 18.8 Å². The van der Waals surface area contributed by atoms with E-state index in [0.29, 0.717) is 18.7 Å². The van der Waals surface area contributed by atoms with Gasteiger partial charge in [0.1, 0.15) is 0 Å². The van der Waals surface area contributed by atoms with Crippen LogP contribution in [0, 0.1) is 5.92 Å². The Labute approximate surface area is 100 Å². The molecule has 1 saturated heterocycles. The number of hydrogen-bond acceptors (Lipinski definition) is 3. The normalized spacial score (nSPS) is 23.2. The highest BCUT2D eigenvalue weighted by molar-refractivity contribution is 4.80. The lowest BCUT2D eigenvalue weighted by Crippen LogP contribution is -2.43. The van der Waals surface area contributed by atoms with E-state index in [4.69, 9.17) is 5.11 Å². The zero-order valence-corrected chi connectivity index (χ0v) is 11.1. The van der Waals surface area contributed by atoms with Crippen molar-refractivity contribution in [3.05, 3.63) is 0 Å². The predicted molar refractivity (Wildman–Crippen MR) is 68.6 cm³/mol. The number of nitrogens with one attached hydrogen (secondary N) is 1. The minimum absolute atomic E-state index is 0.314. The first-order valence-corrected chi connectivity index (χ1v) is 6.69. The van der Waals surface area contributed by atoms with Gasteiger partial charge in [0.25, 0.3) is 0 Å². The molecule has 1 heterocycles. The van der Waals surface area contributed by atoms with E-state index in [2.05, 4.69) is 31.1 Å². The lowest BCUT2D eigenvalue weighted by Gasteiger charge is -2.34. The van der Waals surface area contributed by atoms with Crippen LogP contribution in [0.15, 0.2) is 0 Å². The van der Waals surface area contributed by atoms with Gasteiger partial charge in [0.2, 0.25) is 0 Å². The van der Waals surface area contributed by atoms with Gasteiger partial charge in [0.15, 0.2) is 0 Å². The van der Waals surface area contributed by atoms with Gasteiger partial charge in [-0.2, -0.15) is 0 Å². The molecule has 0 radical (unpaired) electrons. The van der Waals surface area contributed by atoms with Crippen molar-refractivity contribution >= 4 is 0 Å². The number of hydrogen-bond donors (Lipinski definition) is 2. The second kappa shape index (κ2) is 7.25. The van der Waals surface area contributed by atoms with Gasteiger partial charge in [0, 0.05) is 18.7 Å². The highest BCUT2D eigenvalue weighted by Gasteiger charge is 2.22. The summed E-state index contributed by atoms with van der Waals surface area (Å²) in [5.74, 6) is 0.827. The largest absolute Gasteiger partial charge is 0.396 e. The van der Waals surface area contributed by atoms with Gasteiger partial charge in [-0.1, -0.05) is 0 Å². The van der Waals surface area contributed by atoms with E-state index >= 15 is 0 Å². The number of piperidine rings is 1. The highest BCUT2D eigenvalue weighted by Crippen LogP contribution is 2.20. The minimum atomic E-state index is 0.314. The Morgan fingerprint density at radius 3 is 2.50 bits per heavy atom. The average Bonchev–Trinajstić information content (AvgIpc) is 2.27. The maximum absolute atomic E-state index is 8.79. The first kappa shape index (κ1) is 13.9. The Morgan fingerprint density at radius 2 is 1.94 bits per heavy atom. The molecule has 2 atom stereocenters. The lowest BCUT2D eigenvalue weighted by atomic mass is 9.90. The third-order valence-electron chi connectivity index (χ3n) is 3.81. The molecule has 96 valence electrons. The minimum Gasteiger partial charge on any atom is -0.396 e. The molecule has 1 rings (SSSR count). The van der Waals surface area contributed by atoms with Gasteiger partial charge in [0.05, 0.1) is 0 Å². The van der Waals surface area contributed by atoms with Crippen molar-refractivity contribution in [2.75, 3.05) is 26.7 Å². The van der Waals surface area contributed by atoms with E-state index in [9.17, 15) is 0 Å². The zero-order chi connectivity index (χ0) is 12.0. The van der Waals surface area contributed by atoms with Crippen molar-refractivity contribution in [1.82, 2.24) is 10.2 Å². The summed E-state index contributed by atoms with van der Waals surface area (Å²) >= 11 is 0. The molecule has 0 spiro atoms. The van der Waals surface area contributed by atoms with Crippen LogP contribution in [0.5, 0.6) is 0 Å². The van der Waals surface area contributed by atoms with E-state index in [-0.39, 0.29) is 0 Å². The van der Waals surface area contributed by atoms with Gasteiger partial charge < -0.3 is 15.3 Å². The van der Waals surface area contributed by atoms with Crippen LogP contribution in [0.1, 0.15) is 39.5 Å². The number of likely N-dealkylation sites (tertiary alicyclic amines) is 1. The summed E-state index contributed by atoms with van der Waals surface area (Å²) in [4.78, 5) is 2.42. The third kappa shape index (κ3) is 4.81. The molecule has 0 bridgehead atoms. The standard InChI is InChI=1S/C13H28N2O/c1-11(5-4-10-16)14-12(2)13-6-8-15(3)9-7-13/h11-14,16H,4-10H2,1-3H3. The second-order valence-corrected chi connectivity index (χ2v) is 5.36. The van der Waals surface area contributed by atoms with Crippen molar-refractivity contribution in [3.8, 4) is 0 Å². The fourth-order valence-electron chi connectivity index (χ4n) is 2.59. The topological polar surface area (TPSA) is 35.5 Å². The Kier molecular flexibility index (Phi) is 6.32. The van der Waals surface area contributed by atoms with E-state index in [1.54, 1.807) is 0 Å². The van der Waals surface area contributed by atoms with E-state index < -0.39 is 0 Å². The van der Waals surface area contributed by atoms with Gasteiger partial charge in [-0.05, 0) is 65.6 Å². The first-order valence-electron chi connectivity index (χ1n) is 6.69. The fourth-order valence-corrected chi connectivity index (χ4v) is 2.59. The molecule has 2 N–H and O–H groups in total. The maximum Gasteiger partial charge on any atom is 0.0431 e. The van der Waals surface area contributed by atoms with E-state index in [1.807, 2.05) is 0 Å². The van der Waals surface area contributed by atoms with Crippen molar-refractivity contribution in [3.63, 3.8) is 0 Å². The first-order chi connectivity index (χ1) is 7.63. The van der Waals surface area contributed by atoms with Crippen LogP contribution < -0.4 is 5.32 Å². The molecular formula is C13H28N2O. The summed E-state index contributed by atoms with van der Waals surface area (Å²) in [6.07, 6.45) is 4.62. The third-order valence-corrected chi connectivity index (χ3v) is 3.81.